The molecule has 1 aliphatic heterocycles. The molecule has 12 nitrogen and oxygen atoms in total. The van der Waals surface area contributed by atoms with Gasteiger partial charge in [0.25, 0.3) is 0 Å². The fraction of sp³-hybridized carbons (Fsp3) is 0.455. The third-order valence-corrected chi connectivity index (χ3v) is 9.15. The van der Waals surface area contributed by atoms with E-state index in [0.29, 0.717) is 98.7 Å². The summed E-state index contributed by atoms with van der Waals surface area (Å²) in [5.41, 5.74) is 12.6. The van der Waals surface area contributed by atoms with Gasteiger partial charge in [-0.2, -0.15) is 0 Å². The van der Waals surface area contributed by atoms with Crippen LogP contribution in [0.2, 0.25) is 0 Å². The van der Waals surface area contributed by atoms with Crippen LogP contribution < -0.4 is 5.32 Å². The highest BCUT2D eigenvalue weighted by Crippen LogP contribution is 2.32. The highest BCUT2D eigenvalue weighted by atomic mass is 16.6. The maximum atomic E-state index is 8.30. The van der Waals surface area contributed by atoms with E-state index in [-0.39, 0.29) is 6.10 Å². The molecule has 0 unspecified atom stereocenters. The van der Waals surface area contributed by atoms with Crippen molar-refractivity contribution in [3.05, 3.63) is 154 Å². The number of azide groups is 1. The van der Waals surface area contributed by atoms with Gasteiger partial charge in [-0.15, -0.1) is 0 Å². The summed E-state index contributed by atoms with van der Waals surface area (Å²) in [7, 11) is 0. The van der Waals surface area contributed by atoms with Crippen molar-refractivity contribution in [3.8, 4) is 0 Å². The van der Waals surface area contributed by atoms with Crippen LogP contribution in [0.5, 0.6) is 0 Å². The van der Waals surface area contributed by atoms with Crippen molar-refractivity contribution in [1.29, 1.82) is 0 Å². The van der Waals surface area contributed by atoms with Gasteiger partial charge in [0.1, 0.15) is 24.4 Å². The van der Waals surface area contributed by atoms with Gasteiger partial charge in [-0.05, 0) is 40.8 Å². The van der Waals surface area contributed by atoms with Crippen molar-refractivity contribution < 1.29 is 37.9 Å². The number of nitrogens with zero attached hydrogens (tertiary/aromatic N) is 3. The standard InChI is InChI=1S/C44H56N4O8/c45-48-47-24-26-50-28-30-51-29-27-49-25-23-46-22-21-40-42(53-32-37-15-7-2-8-16-37)44(55-34-39-19-11-4-12-20-39)43(54-33-38-17-9-3-10-18-38)41(56-40)35-52-31-36-13-5-1-6-14-36/h1-20,40-44,46H,21-35H2/t40-,41-,42-,43-,44-/m1/s1. The second-order valence-electron chi connectivity index (χ2n) is 13.3. The lowest BCUT2D eigenvalue weighted by atomic mass is 9.92. The molecule has 300 valence electrons. The van der Waals surface area contributed by atoms with Crippen LogP contribution in [-0.2, 0) is 64.3 Å². The van der Waals surface area contributed by atoms with Crippen LogP contribution >= 0.6 is 0 Å². The van der Waals surface area contributed by atoms with Crippen molar-refractivity contribution in [2.24, 2.45) is 5.11 Å². The first-order chi connectivity index (χ1) is 27.8. The van der Waals surface area contributed by atoms with Gasteiger partial charge in [-0.3, -0.25) is 0 Å². The minimum Gasteiger partial charge on any atom is -0.379 e. The molecule has 0 bridgehead atoms. The minimum absolute atomic E-state index is 0.308. The van der Waals surface area contributed by atoms with Crippen LogP contribution in [0.3, 0.4) is 0 Å². The van der Waals surface area contributed by atoms with E-state index in [1.807, 2.05) is 72.8 Å². The van der Waals surface area contributed by atoms with Crippen LogP contribution in [-0.4, -0.2) is 96.4 Å². The average molecular weight is 769 g/mol. The third-order valence-electron chi connectivity index (χ3n) is 9.15. The highest BCUT2D eigenvalue weighted by molar-refractivity contribution is 5.16. The smallest absolute Gasteiger partial charge is 0.115 e. The van der Waals surface area contributed by atoms with Gasteiger partial charge >= 0.3 is 0 Å². The zero-order valence-corrected chi connectivity index (χ0v) is 32.1. The van der Waals surface area contributed by atoms with Gasteiger partial charge in [0, 0.05) is 18.0 Å². The number of hydrogen-bond donors (Lipinski definition) is 1. The van der Waals surface area contributed by atoms with Crippen LogP contribution in [0.15, 0.2) is 126 Å². The Hall–Kier alpha value is -4.17. The number of hydrogen-bond acceptors (Lipinski definition) is 10. The van der Waals surface area contributed by atoms with Crippen LogP contribution in [0, 0.1) is 0 Å². The van der Waals surface area contributed by atoms with Crippen molar-refractivity contribution >= 4 is 0 Å². The molecule has 1 aliphatic rings. The van der Waals surface area contributed by atoms with E-state index in [9.17, 15) is 0 Å². The molecule has 12 heteroatoms. The lowest BCUT2D eigenvalue weighted by Crippen LogP contribution is -2.61. The summed E-state index contributed by atoms with van der Waals surface area (Å²) in [5.74, 6) is 0. The number of ether oxygens (including phenoxy) is 8. The van der Waals surface area contributed by atoms with E-state index >= 15 is 0 Å². The molecule has 1 N–H and O–H groups in total. The van der Waals surface area contributed by atoms with Gasteiger partial charge < -0.3 is 43.2 Å². The highest BCUT2D eigenvalue weighted by Gasteiger charge is 2.48. The second-order valence-corrected chi connectivity index (χ2v) is 13.3. The molecule has 1 saturated heterocycles. The summed E-state index contributed by atoms with van der Waals surface area (Å²) >= 11 is 0. The van der Waals surface area contributed by atoms with E-state index in [0.717, 1.165) is 22.3 Å². The molecule has 4 aromatic rings. The van der Waals surface area contributed by atoms with Crippen LogP contribution in [0.1, 0.15) is 28.7 Å². The van der Waals surface area contributed by atoms with Crippen molar-refractivity contribution in [1.82, 2.24) is 5.32 Å². The predicted molar refractivity (Wildman–Crippen MR) is 214 cm³/mol. The Balaban J connectivity index is 1.23. The third kappa shape index (κ3) is 16.1. The molecule has 1 heterocycles. The number of nitrogens with one attached hydrogen (secondary N) is 1. The zero-order chi connectivity index (χ0) is 38.7. The summed E-state index contributed by atoms with van der Waals surface area (Å²) < 4.78 is 50.4. The first kappa shape index (κ1) is 43.0. The zero-order valence-electron chi connectivity index (χ0n) is 32.1. The summed E-state index contributed by atoms with van der Waals surface area (Å²) in [4.78, 5) is 2.70. The Morgan fingerprint density at radius 2 is 0.946 bits per heavy atom. The van der Waals surface area contributed by atoms with Gasteiger partial charge in [0.2, 0.25) is 0 Å². The Kier molecular flexibility index (Phi) is 20.4. The van der Waals surface area contributed by atoms with Crippen LogP contribution in [0.4, 0.5) is 0 Å². The summed E-state index contributed by atoms with van der Waals surface area (Å²) in [5, 5.41) is 6.95. The maximum Gasteiger partial charge on any atom is 0.115 e. The van der Waals surface area contributed by atoms with E-state index < -0.39 is 24.4 Å². The van der Waals surface area contributed by atoms with Crippen molar-refractivity contribution in [2.45, 2.75) is 63.4 Å². The quantitative estimate of drug-likeness (QED) is 0.0279. The molecule has 1 fully saturated rings. The molecule has 0 saturated carbocycles. The molecule has 0 aromatic heterocycles. The maximum absolute atomic E-state index is 8.30. The summed E-state index contributed by atoms with van der Waals surface area (Å²) in [6, 6.07) is 40.7. The first-order valence-corrected chi connectivity index (χ1v) is 19.5. The average Bonchev–Trinajstić information content (AvgIpc) is 3.25. The number of benzene rings is 4. The van der Waals surface area contributed by atoms with Gasteiger partial charge in [0.05, 0.1) is 78.8 Å². The molecule has 56 heavy (non-hydrogen) atoms. The van der Waals surface area contributed by atoms with E-state index in [1.54, 1.807) is 0 Å². The normalized spacial score (nSPS) is 19.4. The molecule has 0 spiro atoms. The second kappa shape index (κ2) is 26.6. The minimum atomic E-state index is -0.473. The largest absolute Gasteiger partial charge is 0.379 e. The lowest BCUT2D eigenvalue weighted by molar-refractivity contribution is -0.273. The Labute approximate surface area is 330 Å². The topological polar surface area (TPSA) is 135 Å². The SMILES string of the molecule is [N-]=[N+]=NCCOCCOCCOCCNCC[C@H]1O[C@H](COCc2ccccc2)[C@@H](OCc2ccccc2)[C@H](OCc2ccccc2)[C@@H]1OCc1ccccc1. The van der Waals surface area contributed by atoms with E-state index in [1.165, 1.54) is 0 Å². The Bertz CT molecular complexity index is 1620. The fourth-order valence-electron chi connectivity index (χ4n) is 6.32. The van der Waals surface area contributed by atoms with E-state index in [4.69, 9.17) is 43.4 Å². The summed E-state index contributed by atoms with van der Waals surface area (Å²) in [6.45, 7) is 6.43. The van der Waals surface area contributed by atoms with Crippen molar-refractivity contribution in [3.63, 3.8) is 0 Å². The lowest BCUT2D eigenvalue weighted by Gasteiger charge is -2.46. The van der Waals surface area contributed by atoms with Crippen LogP contribution in [0.25, 0.3) is 10.4 Å². The molecule has 0 aliphatic carbocycles. The van der Waals surface area contributed by atoms with Gasteiger partial charge in [-0.1, -0.05) is 126 Å². The number of rotatable bonds is 28. The molecule has 5 rings (SSSR count). The molecular weight excluding hydrogens is 713 g/mol. The monoisotopic (exact) mass is 768 g/mol. The predicted octanol–water partition coefficient (Wildman–Crippen LogP) is 7.07. The molecular formula is C44H56N4O8. The molecule has 0 radical (unpaired) electrons. The molecule has 4 aromatic carbocycles. The summed E-state index contributed by atoms with van der Waals surface area (Å²) in [6.07, 6.45) is -1.40. The fourth-order valence-corrected chi connectivity index (χ4v) is 6.32. The Morgan fingerprint density at radius 1 is 0.500 bits per heavy atom. The Morgan fingerprint density at radius 3 is 1.46 bits per heavy atom. The van der Waals surface area contributed by atoms with Crippen molar-refractivity contribution in [2.75, 3.05) is 65.9 Å². The van der Waals surface area contributed by atoms with E-state index in [2.05, 4.69) is 63.9 Å². The molecule has 5 atom stereocenters. The molecule has 0 amide bonds. The van der Waals surface area contributed by atoms with Gasteiger partial charge in [-0.25, -0.2) is 0 Å². The first-order valence-electron chi connectivity index (χ1n) is 19.5. The van der Waals surface area contributed by atoms with Gasteiger partial charge in [0.15, 0.2) is 0 Å².